The van der Waals surface area contributed by atoms with E-state index in [0.29, 0.717) is 5.56 Å². The highest BCUT2D eigenvalue weighted by Crippen LogP contribution is 2.24. The van der Waals surface area contributed by atoms with Crippen LogP contribution < -0.4 is 0 Å². The van der Waals surface area contributed by atoms with Gasteiger partial charge in [-0.05, 0) is 36.8 Å². The van der Waals surface area contributed by atoms with Gasteiger partial charge in [0.25, 0.3) is 0 Å². The Labute approximate surface area is 122 Å². The first-order valence-corrected chi connectivity index (χ1v) is 6.60. The third-order valence-electron chi connectivity index (χ3n) is 3.41. The third kappa shape index (κ3) is 2.43. The average Bonchev–Trinajstić information content (AvgIpc) is 2.98. The molecular formula is C17H14N2O2. The first kappa shape index (κ1) is 13.1. The number of benzene rings is 2. The molecule has 3 rings (SSSR count). The van der Waals surface area contributed by atoms with Crippen LogP contribution in [-0.2, 0) is 0 Å². The molecule has 0 aliphatic carbocycles. The molecule has 21 heavy (non-hydrogen) atoms. The molecule has 0 aliphatic heterocycles. The molecule has 0 saturated heterocycles. The second-order valence-corrected chi connectivity index (χ2v) is 4.80. The van der Waals surface area contributed by atoms with E-state index in [1.807, 2.05) is 48.5 Å². The van der Waals surface area contributed by atoms with Crippen LogP contribution in [0.4, 0.5) is 0 Å². The van der Waals surface area contributed by atoms with Gasteiger partial charge in [-0.25, -0.2) is 9.48 Å². The van der Waals surface area contributed by atoms with Crippen LogP contribution in [0.3, 0.4) is 0 Å². The normalized spacial score (nSPS) is 10.5. The Morgan fingerprint density at radius 2 is 1.86 bits per heavy atom. The van der Waals surface area contributed by atoms with Gasteiger partial charge in [0, 0.05) is 5.56 Å². The Bertz CT molecular complexity index is 792. The average molecular weight is 278 g/mol. The Hall–Kier alpha value is -2.88. The zero-order valence-electron chi connectivity index (χ0n) is 11.5. The lowest BCUT2D eigenvalue weighted by molar-refractivity contribution is 0.0696. The van der Waals surface area contributed by atoms with E-state index in [9.17, 15) is 9.90 Å². The van der Waals surface area contributed by atoms with E-state index in [2.05, 4.69) is 5.10 Å². The quantitative estimate of drug-likeness (QED) is 0.797. The highest BCUT2D eigenvalue weighted by molar-refractivity contribution is 5.91. The summed E-state index contributed by atoms with van der Waals surface area (Å²) in [5, 5.41) is 13.6. The third-order valence-corrected chi connectivity index (χ3v) is 3.41. The van der Waals surface area contributed by atoms with Crippen molar-refractivity contribution in [3.63, 3.8) is 0 Å². The largest absolute Gasteiger partial charge is 0.478 e. The molecule has 0 radical (unpaired) electrons. The minimum absolute atomic E-state index is 0.313. The first-order valence-electron chi connectivity index (χ1n) is 6.60. The van der Waals surface area contributed by atoms with E-state index < -0.39 is 5.97 Å². The summed E-state index contributed by atoms with van der Waals surface area (Å²) >= 11 is 0. The van der Waals surface area contributed by atoms with Crippen molar-refractivity contribution in [3.8, 4) is 16.9 Å². The molecule has 0 atom stereocenters. The summed E-state index contributed by atoms with van der Waals surface area (Å²) in [6.45, 7) is 1.79. The maximum Gasteiger partial charge on any atom is 0.335 e. The number of rotatable bonds is 3. The minimum Gasteiger partial charge on any atom is -0.478 e. The molecule has 0 amide bonds. The Balaban J connectivity index is 2.13. The van der Waals surface area contributed by atoms with Crippen LogP contribution in [0.5, 0.6) is 0 Å². The molecule has 3 aromatic rings. The van der Waals surface area contributed by atoms with Crippen molar-refractivity contribution in [3.05, 3.63) is 71.9 Å². The summed E-state index contributed by atoms with van der Waals surface area (Å²) in [7, 11) is 0. The Morgan fingerprint density at radius 3 is 2.57 bits per heavy atom. The molecule has 1 N–H and O–H groups in total. The van der Waals surface area contributed by atoms with Gasteiger partial charge in [0.05, 0.1) is 23.1 Å². The van der Waals surface area contributed by atoms with E-state index in [-0.39, 0.29) is 0 Å². The molecule has 0 bridgehead atoms. The van der Waals surface area contributed by atoms with Gasteiger partial charge in [0.2, 0.25) is 0 Å². The zero-order valence-corrected chi connectivity index (χ0v) is 11.5. The van der Waals surface area contributed by atoms with Crippen molar-refractivity contribution in [1.82, 2.24) is 9.78 Å². The second-order valence-electron chi connectivity index (χ2n) is 4.80. The van der Waals surface area contributed by atoms with Gasteiger partial charge in [-0.15, -0.1) is 0 Å². The number of nitrogens with zero attached hydrogens (tertiary/aromatic N) is 2. The molecule has 2 aromatic carbocycles. The summed E-state index contributed by atoms with van der Waals surface area (Å²) in [6, 6.07) is 17.1. The summed E-state index contributed by atoms with van der Waals surface area (Å²) in [5.74, 6) is -0.917. The summed E-state index contributed by atoms with van der Waals surface area (Å²) in [4.78, 5) is 11.3. The molecule has 1 heterocycles. The van der Waals surface area contributed by atoms with Gasteiger partial charge >= 0.3 is 5.97 Å². The summed E-state index contributed by atoms with van der Waals surface area (Å²) in [6.07, 6.45) is 1.71. The van der Waals surface area contributed by atoms with Crippen LogP contribution in [-0.4, -0.2) is 20.9 Å². The number of para-hydroxylation sites is 1. The number of hydrogen-bond acceptors (Lipinski definition) is 2. The zero-order chi connectivity index (χ0) is 14.8. The fraction of sp³-hybridized carbons (Fsp3) is 0.0588. The van der Waals surface area contributed by atoms with Gasteiger partial charge in [-0.1, -0.05) is 30.3 Å². The van der Waals surface area contributed by atoms with Gasteiger partial charge in [-0.3, -0.25) is 0 Å². The van der Waals surface area contributed by atoms with Gasteiger partial charge in [0.1, 0.15) is 0 Å². The molecular weight excluding hydrogens is 264 g/mol. The topological polar surface area (TPSA) is 55.1 Å². The lowest BCUT2D eigenvalue weighted by Gasteiger charge is -2.09. The fourth-order valence-corrected chi connectivity index (χ4v) is 2.31. The lowest BCUT2D eigenvalue weighted by Crippen LogP contribution is -2.02. The van der Waals surface area contributed by atoms with Crippen molar-refractivity contribution in [2.24, 2.45) is 0 Å². The van der Waals surface area contributed by atoms with Crippen LogP contribution in [0.15, 0.2) is 60.8 Å². The molecule has 0 saturated carbocycles. The molecule has 0 fully saturated rings. The molecule has 0 spiro atoms. The van der Waals surface area contributed by atoms with Crippen molar-refractivity contribution < 1.29 is 9.90 Å². The van der Waals surface area contributed by atoms with Crippen molar-refractivity contribution in [1.29, 1.82) is 0 Å². The van der Waals surface area contributed by atoms with Crippen molar-refractivity contribution >= 4 is 5.97 Å². The van der Waals surface area contributed by atoms with Crippen molar-refractivity contribution in [2.45, 2.75) is 6.92 Å². The van der Waals surface area contributed by atoms with Crippen LogP contribution in [0.25, 0.3) is 16.9 Å². The van der Waals surface area contributed by atoms with Gasteiger partial charge in [0.15, 0.2) is 0 Å². The van der Waals surface area contributed by atoms with E-state index in [0.717, 1.165) is 22.5 Å². The number of carboxylic acids is 1. The standard InChI is InChI=1S/C17H14N2O2/c1-12-7-8-13(11-15(12)17(20)21)16-9-10-18-19(16)14-5-3-2-4-6-14/h2-11H,1H3,(H,20,21). The first-order chi connectivity index (χ1) is 10.2. The highest BCUT2D eigenvalue weighted by Gasteiger charge is 2.12. The highest BCUT2D eigenvalue weighted by atomic mass is 16.4. The van der Waals surface area contributed by atoms with Crippen LogP contribution in [0.1, 0.15) is 15.9 Å². The lowest BCUT2D eigenvalue weighted by atomic mass is 10.0. The van der Waals surface area contributed by atoms with Crippen molar-refractivity contribution in [2.75, 3.05) is 0 Å². The molecule has 104 valence electrons. The summed E-state index contributed by atoms with van der Waals surface area (Å²) in [5.41, 5.74) is 3.70. The predicted molar refractivity (Wildman–Crippen MR) is 80.7 cm³/mol. The number of aromatic nitrogens is 2. The van der Waals surface area contributed by atoms with Crippen LogP contribution in [0, 0.1) is 6.92 Å². The van der Waals surface area contributed by atoms with E-state index >= 15 is 0 Å². The van der Waals surface area contributed by atoms with Gasteiger partial charge in [-0.2, -0.15) is 5.10 Å². The molecule has 4 heteroatoms. The Kier molecular flexibility index (Phi) is 3.28. The summed E-state index contributed by atoms with van der Waals surface area (Å²) < 4.78 is 1.80. The molecule has 0 aliphatic rings. The van der Waals surface area contributed by atoms with Gasteiger partial charge < -0.3 is 5.11 Å². The monoisotopic (exact) mass is 278 g/mol. The van der Waals surface area contributed by atoms with E-state index in [1.54, 1.807) is 23.9 Å². The van der Waals surface area contributed by atoms with E-state index in [4.69, 9.17) is 0 Å². The minimum atomic E-state index is -0.917. The predicted octanol–water partition coefficient (Wildman–Crippen LogP) is 3.55. The number of carbonyl (C=O) groups is 1. The Morgan fingerprint density at radius 1 is 1.10 bits per heavy atom. The maximum absolute atomic E-state index is 11.3. The molecule has 0 unspecified atom stereocenters. The van der Waals surface area contributed by atoms with E-state index in [1.165, 1.54) is 0 Å². The number of aromatic carboxylic acids is 1. The van der Waals surface area contributed by atoms with Crippen LogP contribution >= 0.6 is 0 Å². The number of carboxylic acid groups (broad SMARTS) is 1. The number of hydrogen-bond donors (Lipinski definition) is 1. The fourth-order valence-electron chi connectivity index (χ4n) is 2.31. The smallest absolute Gasteiger partial charge is 0.335 e. The molecule has 1 aromatic heterocycles. The SMILES string of the molecule is Cc1ccc(-c2ccnn2-c2ccccc2)cc1C(=O)O. The maximum atomic E-state index is 11.3. The number of aryl methyl sites for hydroxylation is 1. The molecule has 4 nitrogen and oxygen atoms in total. The van der Waals surface area contributed by atoms with Crippen LogP contribution in [0.2, 0.25) is 0 Å². The second kappa shape index (κ2) is 5.25.